The first kappa shape index (κ1) is 20.9. The Morgan fingerprint density at radius 3 is 2.81 bits per heavy atom. The minimum Gasteiger partial charge on any atom is -0.491 e. The monoisotopic (exact) mass is 394 g/mol. The third kappa shape index (κ3) is 6.71. The molecule has 1 heterocycles. The van der Waals surface area contributed by atoms with Gasteiger partial charge in [-0.3, -0.25) is 4.98 Å². The van der Waals surface area contributed by atoms with Crippen LogP contribution < -0.4 is 10.1 Å². The number of hydrogen-bond donors (Lipinski definition) is 1. The molecule has 26 heavy (non-hydrogen) atoms. The number of benzene rings is 1. The van der Waals surface area contributed by atoms with Crippen molar-refractivity contribution in [2.75, 3.05) is 37.9 Å². The number of ether oxygens (including phenoxy) is 2. The van der Waals surface area contributed by atoms with Crippen molar-refractivity contribution in [3.05, 3.63) is 52.3 Å². The van der Waals surface area contributed by atoms with Crippen LogP contribution in [0.3, 0.4) is 0 Å². The molecular formula is C20H27ClN2O2S. The zero-order chi connectivity index (χ0) is 18.8. The molecule has 0 amide bonds. The summed E-state index contributed by atoms with van der Waals surface area (Å²) in [5.74, 6) is 1.79. The number of nitrogens with zero attached hydrogens (tertiary/aromatic N) is 1. The maximum atomic E-state index is 6.20. The van der Waals surface area contributed by atoms with Gasteiger partial charge in [0.15, 0.2) is 0 Å². The number of halogens is 1. The zero-order valence-corrected chi connectivity index (χ0v) is 17.3. The number of rotatable bonds is 11. The van der Waals surface area contributed by atoms with E-state index in [1.165, 1.54) is 5.56 Å². The molecule has 0 atom stereocenters. The van der Waals surface area contributed by atoms with Gasteiger partial charge in [-0.25, -0.2) is 0 Å². The van der Waals surface area contributed by atoms with E-state index in [2.05, 4.69) is 35.6 Å². The molecule has 4 nitrogen and oxygen atoms in total. The molecule has 1 aromatic heterocycles. The minimum atomic E-state index is 0.565. The van der Waals surface area contributed by atoms with Crippen LogP contribution >= 0.6 is 23.4 Å². The summed E-state index contributed by atoms with van der Waals surface area (Å²) in [6.07, 6.45) is 4.68. The van der Waals surface area contributed by atoms with E-state index in [1.54, 1.807) is 18.0 Å². The number of aromatic nitrogens is 1. The number of thioether (sulfide) groups is 1. The smallest absolute Gasteiger partial charge is 0.122 e. The molecule has 1 aromatic carbocycles. The van der Waals surface area contributed by atoms with Crippen molar-refractivity contribution in [2.45, 2.75) is 26.0 Å². The summed E-state index contributed by atoms with van der Waals surface area (Å²) in [5.41, 5.74) is 4.33. The van der Waals surface area contributed by atoms with Gasteiger partial charge in [-0.15, -0.1) is 0 Å². The molecule has 0 aliphatic heterocycles. The summed E-state index contributed by atoms with van der Waals surface area (Å²) in [6, 6.07) is 8.29. The molecule has 0 aliphatic rings. The Balaban J connectivity index is 1.81. The molecular weight excluding hydrogens is 368 g/mol. The molecule has 0 bridgehead atoms. The Kier molecular flexibility index (Phi) is 9.09. The van der Waals surface area contributed by atoms with Gasteiger partial charge in [0, 0.05) is 25.1 Å². The van der Waals surface area contributed by atoms with Gasteiger partial charge in [0.2, 0.25) is 0 Å². The fourth-order valence-electron chi connectivity index (χ4n) is 2.55. The molecule has 0 saturated heterocycles. The number of nitrogens with one attached hydrogen (secondary N) is 1. The van der Waals surface area contributed by atoms with Crippen molar-refractivity contribution in [1.29, 1.82) is 0 Å². The lowest BCUT2D eigenvalue weighted by Gasteiger charge is -2.13. The Morgan fingerprint density at radius 1 is 1.23 bits per heavy atom. The van der Waals surface area contributed by atoms with E-state index < -0.39 is 0 Å². The summed E-state index contributed by atoms with van der Waals surface area (Å²) in [6.45, 7) is 6.84. The van der Waals surface area contributed by atoms with Crippen LogP contribution in [0.1, 0.15) is 23.7 Å². The standard InChI is InChI=1S/C20H27ClN2O2S/c1-4-24-9-7-16-5-6-20(15(2)11-16)25-10-8-22-19-12-17(14-26-3)23-13-18(19)21/h5-6,11-13H,4,7-10,14H2,1-3H3,(H,22,23). The fourth-order valence-corrected chi connectivity index (χ4v) is 3.18. The van der Waals surface area contributed by atoms with E-state index in [0.717, 1.165) is 48.1 Å². The van der Waals surface area contributed by atoms with Crippen molar-refractivity contribution in [2.24, 2.45) is 0 Å². The van der Waals surface area contributed by atoms with Gasteiger partial charge < -0.3 is 14.8 Å². The fraction of sp³-hybridized carbons (Fsp3) is 0.450. The molecule has 2 rings (SSSR count). The van der Waals surface area contributed by atoms with Gasteiger partial charge in [0.1, 0.15) is 12.4 Å². The SMILES string of the molecule is CCOCCc1ccc(OCCNc2cc(CSC)ncc2Cl)c(C)c1. The third-order valence-electron chi connectivity index (χ3n) is 3.86. The van der Waals surface area contributed by atoms with Gasteiger partial charge in [0.05, 0.1) is 23.0 Å². The van der Waals surface area contributed by atoms with Crippen LogP contribution in [-0.2, 0) is 16.9 Å². The first-order valence-corrected chi connectivity index (χ1v) is 10.6. The van der Waals surface area contributed by atoms with Gasteiger partial charge >= 0.3 is 0 Å². The Hall–Kier alpha value is -1.43. The Labute approximate surface area is 165 Å². The maximum Gasteiger partial charge on any atom is 0.122 e. The van der Waals surface area contributed by atoms with Crippen LogP contribution in [-0.4, -0.2) is 37.6 Å². The van der Waals surface area contributed by atoms with Crippen LogP contribution in [0.15, 0.2) is 30.5 Å². The van der Waals surface area contributed by atoms with Crippen LogP contribution in [0.25, 0.3) is 0 Å². The molecule has 0 radical (unpaired) electrons. The largest absolute Gasteiger partial charge is 0.491 e. The van der Waals surface area contributed by atoms with E-state index in [4.69, 9.17) is 21.1 Å². The van der Waals surface area contributed by atoms with E-state index in [0.29, 0.717) is 18.2 Å². The van der Waals surface area contributed by atoms with Crippen LogP contribution in [0, 0.1) is 6.92 Å². The molecule has 1 N–H and O–H groups in total. The first-order valence-electron chi connectivity index (χ1n) is 8.81. The second kappa shape index (κ2) is 11.3. The molecule has 0 saturated carbocycles. The molecule has 0 unspecified atom stereocenters. The number of anilines is 1. The maximum absolute atomic E-state index is 6.20. The molecule has 0 spiro atoms. The number of hydrogen-bond acceptors (Lipinski definition) is 5. The lowest BCUT2D eigenvalue weighted by atomic mass is 10.1. The summed E-state index contributed by atoms with van der Waals surface area (Å²) >= 11 is 7.94. The Bertz CT molecular complexity index is 698. The average Bonchev–Trinajstić information content (AvgIpc) is 2.63. The number of aryl methyl sites for hydroxylation is 1. The topological polar surface area (TPSA) is 43.4 Å². The summed E-state index contributed by atoms with van der Waals surface area (Å²) in [5, 5.41) is 3.95. The van der Waals surface area contributed by atoms with Gasteiger partial charge in [-0.05, 0) is 49.8 Å². The summed E-state index contributed by atoms with van der Waals surface area (Å²) < 4.78 is 11.3. The highest BCUT2D eigenvalue weighted by Gasteiger charge is 2.05. The zero-order valence-electron chi connectivity index (χ0n) is 15.7. The van der Waals surface area contributed by atoms with E-state index in [9.17, 15) is 0 Å². The van der Waals surface area contributed by atoms with Gasteiger partial charge in [-0.1, -0.05) is 23.7 Å². The highest BCUT2D eigenvalue weighted by atomic mass is 35.5. The second-order valence-electron chi connectivity index (χ2n) is 5.91. The quantitative estimate of drug-likeness (QED) is 0.544. The molecule has 0 aliphatic carbocycles. The second-order valence-corrected chi connectivity index (χ2v) is 7.18. The molecule has 0 fully saturated rings. The van der Waals surface area contributed by atoms with Crippen LogP contribution in [0.2, 0.25) is 5.02 Å². The van der Waals surface area contributed by atoms with Crippen LogP contribution in [0.5, 0.6) is 5.75 Å². The Morgan fingerprint density at radius 2 is 2.08 bits per heavy atom. The molecule has 142 valence electrons. The van der Waals surface area contributed by atoms with Crippen LogP contribution in [0.4, 0.5) is 5.69 Å². The van der Waals surface area contributed by atoms with E-state index >= 15 is 0 Å². The summed E-state index contributed by atoms with van der Waals surface area (Å²) in [7, 11) is 0. The highest BCUT2D eigenvalue weighted by molar-refractivity contribution is 7.97. The van der Waals surface area contributed by atoms with Crippen molar-refractivity contribution >= 4 is 29.1 Å². The van der Waals surface area contributed by atoms with Gasteiger partial charge in [-0.2, -0.15) is 11.8 Å². The van der Waals surface area contributed by atoms with Crippen molar-refractivity contribution in [3.8, 4) is 5.75 Å². The van der Waals surface area contributed by atoms with E-state index in [1.807, 2.05) is 19.1 Å². The summed E-state index contributed by atoms with van der Waals surface area (Å²) in [4.78, 5) is 4.32. The highest BCUT2D eigenvalue weighted by Crippen LogP contribution is 2.23. The van der Waals surface area contributed by atoms with Gasteiger partial charge in [0.25, 0.3) is 0 Å². The lowest BCUT2D eigenvalue weighted by molar-refractivity contribution is 0.151. The first-order chi connectivity index (χ1) is 12.6. The lowest BCUT2D eigenvalue weighted by Crippen LogP contribution is -2.12. The third-order valence-corrected chi connectivity index (χ3v) is 4.74. The van der Waals surface area contributed by atoms with Crippen molar-refractivity contribution in [3.63, 3.8) is 0 Å². The van der Waals surface area contributed by atoms with E-state index in [-0.39, 0.29) is 0 Å². The molecule has 2 aromatic rings. The normalized spacial score (nSPS) is 10.8. The number of pyridine rings is 1. The molecule has 6 heteroatoms. The minimum absolute atomic E-state index is 0.565. The van der Waals surface area contributed by atoms with Crippen molar-refractivity contribution < 1.29 is 9.47 Å². The average molecular weight is 395 g/mol. The van der Waals surface area contributed by atoms with Crippen molar-refractivity contribution in [1.82, 2.24) is 4.98 Å². The predicted octanol–water partition coefficient (Wildman–Crippen LogP) is 4.98. The predicted molar refractivity (Wildman–Crippen MR) is 112 cm³/mol.